The van der Waals surface area contributed by atoms with Gasteiger partial charge in [-0.25, -0.2) is 0 Å². The van der Waals surface area contributed by atoms with Crippen LogP contribution >= 0.6 is 15.9 Å². The number of amides is 2. The molecule has 26 heavy (non-hydrogen) atoms. The van der Waals surface area contributed by atoms with Crippen molar-refractivity contribution in [2.75, 3.05) is 23.9 Å². The van der Waals surface area contributed by atoms with Crippen LogP contribution in [0.5, 0.6) is 5.75 Å². The molecule has 2 aromatic carbocycles. The number of carbonyl (C=O) groups excluding carboxylic acids is 3. The van der Waals surface area contributed by atoms with Crippen LogP contribution in [0.2, 0.25) is 0 Å². The summed E-state index contributed by atoms with van der Waals surface area (Å²) >= 11 is 3.34. The van der Waals surface area contributed by atoms with Crippen molar-refractivity contribution in [2.45, 2.75) is 12.8 Å². The number of nitrogens with one attached hydrogen (secondary N) is 1. The number of hydrogen-bond donors (Lipinski definition) is 1. The molecule has 2 amide bonds. The van der Waals surface area contributed by atoms with E-state index in [-0.39, 0.29) is 37.0 Å². The minimum absolute atomic E-state index is 0.00738. The topological polar surface area (TPSA) is 75.7 Å². The summed E-state index contributed by atoms with van der Waals surface area (Å²) in [5, 5.41) is 2.76. The van der Waals surface area contributed by atoms with Gasteiger partial charge in [0, 0.05) is 35.6 Å². The summed E-state index contributed by atoms with van der Waals surface area (Å²) in [5.74, 6) is 0.000185. The summed E-state index contributed by atoms with van der Waals surface area (Å²) in [6.45, 7) is -0.00738. The molecule has 0 saturated heterocycles. The van der Waals surface area contributed by atoms with Crippen LogP contribution in [0.3, 0.4) is 0 Å². The monoisotopic (exact) mass is 416 g/mol. The summed E-state index contributed by atoms with van der Waals surface area (Å²) in [7, 11) is 1.64. The molecule has 6 nitrogen and oxygen atoms in total. The van der Waals surface area contributed by atoms with Crippen LogP contribution in [0.25, 0.3) is 0 Å². The number of anilines is 2. The van der Waals surface area contributed by atoms with E-state index in [2.05, 4.69) is 21.2 Å². The Bertz CT molecular complexity index is 882. The molecule has 134 valence electrons. The van der Waals surface area contributed by atoms with Crippen molar-refractivity contribution in [1.29, 1.82) is 0 Å². The van der Waals surface area contributed by atoms with Gasteiger partial charge in [0.25, 0.3) is 5.91 Å². The normalized spacial score (nSPS) is 13.0. The second-order valence-electron chi connectivity index (χ2n) is 5.91. The van der Waals surface area contributed by atoms with Crippen molar-refractivity contribution in [3.8, 4) is 5.75 Å². The number of rotatable bonds is 5. The summed E-state index contributed by atoms with van der Waals surface area (Å²) < 4.78 is 6.21. The number of Topliss-reactive ketones (excluding diaryl/α,β-unsaturated/α-hetero) is 1. The highest BCUT2D eigenvalue weighted by Crippen LogP contribution is 2.32. The van der Waals surface area contributed by atoms with E-state index in [9.17, 15) is 14.4 Å². The van der Waals surface area contributed by atoms with Crippen molar-refractivity contribution in [3.63, 3.8) is 0 Å². The van der Waals surface area contributed by atoms with Gasteiger partial charge in [0.1, 0.15) is 5.75 Å². The zero-order valence-electron chi connectivity index (χ0n) is 14.1. The summed E-state index contributed by atoms with van der Waals surface area (Å²) in [6.07, 6.45) is 0.158. The Hall–Kier alpha value is -2.67. The smallest absolute Gasteiger partial charge is 0.264 e. The molecule has 1 heterocycles. The SMILES string of the molecule is CN1C(=O)COc2ccc(C(=O)CCC(=O)Nc3cccc(Br)c3)cc21. The van der Waals surface area contributed by atoms with E-state index in [0.717, 1.165) is 4.47 Å². The molecule has 0 spiro atoms. The maximum atomic E-state index is 12.4. The second-order valence-corrected chi connectivity index (χ2v) is 6.82. The molecule has 1 N–H and O–H groups in total. The minimum Gasteiger partial charge on any atom is -0.482 e. The van der Waals surface area contributed by atoms with E-state index in [1.807, 2.05) is 12.1 Å². The Kier molecular flexibility index (Phi) is 5.37. The number of ketones is 1. The number of carbonyl (C=O) groups is 3. The molecule has 0 unspecified atom stereocenters. The fourth-order valence-electron chi connectivity index (χ4n) is 2.61. The van der Waals surface area contributed by atoms with E-state index in [1.165, 1.54) is 4.90 Å². The van der Waals surface area contributed by atoms with Gasteiger partial charge in [-0.05, 0) is 36.4 Å². The van der Waals surface area contributed by atoms with Crippen molar-refractivity contribution in [3.05, 3.63) is 52.5 Å². The van der Waals surface area contributed by atoms with E-state index in [4.69, 9.17) is 4.74 Å². The van der Waals surface area contributed by atoms with Gasteiger partial charge in [-0.1, -0.05) is 22.0 Å². The van der Waals surface area contributed by atoms with E-state index in [1.54, 1.807) is 37.4 Å². The lowest BCUT2D eigenvalue weighted by Crippen LogP contribution is -2.35. The fraction of sp³-hybridized carbons (Fsp3) is 0.211. The molecule has 0 atom stereocenters. The minimum atomic E-state index is -0.231. The standard InChI is InChI=1S/C19H17BrN2O4/c1-22-15-9-12(5-7-17(15)26-11-19(22)25)16(23)6-8-18(24)21-14-4-2-3-13(20)10-14/h2-5,7,9-10H,6,8,11H2,1H3,(H,21,24). The first-order valence-electron chi connectivity index (χ1n) is 8.06. The van der Waals surface area contributed by atoms with Gasteiger partial charge in [-0.15, -0.1) is 0 Å². The number of ether oxygens (including phenoxy) is 1. The van der Waals surface area contributed by atoms with E-state index < -0.39 is 0 Å². The van der Waals surface area contributed by atoms with Crippen molar-refractivity contribution < 1.29 is 19.1 Å². The maximum Gasteiger partial charge on any atom is 0.264 e. The van der Waals surface area contributed by atoms with Crippen LogP contribution in [0, 0.1) is 0 Å². The zero-order valence-corrected chi connectivity index (χ0v) is 15.7. The number of fused-ring (bicyclic) bond motifs is 1. The second kappa shape index (κ2) is 7.70. The lowest BCUT2D eigenvalue weighted by atomic mass is 10.0. The Labute approximate surface area is 159 Å². The molecule has 0 bridgehead atoms. The average molecular weight is 417 g/mol. The van der Waals surface area contributed by atoms with Gasteiger partial charge in [0.15, 0.2) is 12.4 Å². The van der Waals surface area contributed by atoms with Crippen molar-refractivity contribution in [2.24, 2.45) is 0 Å². The third kappa shape index (κ3) is 4.11. The number of benzene rings is 2. The number of hydrogen-bond acceptors (Lipinski definition) is 4. The molecular weight excluding hydrogens is 400 g/mol. The summed E-state index contributed by atoms with van der Waals surface area (Å²) in [6, 6.07) is 12.2. The van der Waals surface area contributed by atoms with E-state index in [0.29, 0.717) is 22.7 Å². The molecule has 2 aromatic rings. The first-order valence-corrected chi connectivity index (χ1v) is 8.85. The van der Waals surface area contributed by atoms with Crippen molar-refractivity contribution >= 4 is 44.9 Å². The first-order chi connectivity index (χ1) is 12.4. The molecule has 7 heteroatoms. The maximum absolute atomic E-state index is 12.4. The highest BCUT2D eigenvalue weighted by atomic mass is 79.9. The molecule has 0 saturated carbocycles. The third-order valence-electron chi connectivity index (χ3n) is 4.06. The lowest BCUT2D eigenvalue weighted by molar-refractivity contribution is -0.121. The Morgan fingerprint density at radius 3 is 2.77 bits per heavy atom. The molecule has 0 aliphatic carbocycles. The molecule has 0 fully saturated rings. The van der Waals surface area contributed by atoms with Gasteiger partial charge < -0.3 is 15.0 Å². The number of halogens is 1. The number of likely N-dealkylation sites (N-methyl/N-ethyl adjacent to an activating group) is 1. The Morgan fingerprint density at radius 2 is 2.00 bits per heavy atom. The number of nitrogens with zero attached hydrogens (tertiary/aromatic N) is 1. The molecule has 0 aromatic heterocycles. The van der Waals surface area contributed by atoms with Crippen molar-refractivity contribution in [1.82, 2.24) is 0 Å². The fourth-order valence-corrected chi connectivity index (χ4v) is 3.01. The molecule has 1 aliphatic rings. The molecular formula is C19H17BrN2O4. The Morgan fingerprint density at radius 1 is 1.19 bits per heavy atom. The van der Waals surface area contributed by atoms with Crippen LogP contribution in [-0.4, -0.2) is 31.3 Å². The quantitative estimate of drug-likeness (QED) is 0.757. The highest BCUT2D eigenvalue weighted by molar-refractivity contribution is 9.10. The molecule has 3 rings (SSSR count). The highest BCUT2D eigenvalue weighted by Gasteiger charge is 2.23. The average Bonchev–Trinajstić information content (AvgIpc) is 2.62. The van der Waals surface area contributed by atoms with Crippen LogP contribution < -0.4 is 15.0 Å². The predicted molar refractivity (Wildman–Crippen MR) is 102 cm³/mol. The lowest BCUT2D eigenvalue weighted by Gasteiger charge is -2.26. The predicted octanol–water partition coefficient (Wildman–Crippen LogP) is 3.41. The van der Waals surface area contributed by atoms with Gasteiger partial charge >= 0.3 is 0 Å². The molecule has 0 radical (unpaired) electrons. The first kappa shape index (κ1) is 18.1. The van der Waals surface area contributed by atoms with E-state index >= 15 is 0 Å². The third-order valence-corrected chi connectivity index (χ3v) is 4.55. The molecule has 1 aliphatic heterocycles. The van der Waals surface area contributed by atoms with Crippen LogP contribution in [-0.2, 0) is 9.59 Å². The van der Waals surface area contributed by atoms with Gasteiger partial charge in [0.2, 0.25) is 5.91 Å². The van der Waals surface area contributed by atoms with Crippen LogP contribution in [0.1, 0.15) is 23.2 Å². The van der Waals surface area contributed by atoms with Gasteiger partial charge in [-0.2, -0.15) is 0 Å². The summed E-state index contributed by atoms with van der Waals surface area (Å²) in [5.41, 5.74) is 1.68. The Balaban J connectivity index is 1.62. The summed E-state index contributed by atoms with van der Waals surface area (Å²) in [4.78, 5) is 37.6. The largest absolute Gasteiger partial charge is 0.482 e. The van der Waals surface area contributed by atoms with Gasteiger partial charge in [0.05, 0.1) is 5.69 Å². The zero-order chi connectivity index (χ0) is 18.7. The van der Waals surface area contributed by atoms with Crippen LogP contribution in [0.15, 0.2) is 46.9 Å². The van der Waals surface area contributed by atoms with Crippen LogP contribution in [0.4, 0.5) is 11.4 Å². The van der Waals surface area contributed by atoms with Gasteiger partial charge in [-0.3, -0.25) is 14.4 Å².